The van der Waals surface area contributed by atoms with Gasteiger partial charge in [0, 0.05) is 51.6 Å². The number of piperidine rings is 1. The second-order valence-electron chi connectivity index (χ2n) is 9.55. The highest BCUT2D eigenvalue weighted by molar-refractivity contribution is 8.14. The van der Waals surface area contributed by atoms with Gasteiger partial charge in [0.15, 0.2) is 5.82 Å². The van der Waals surface area contributed by atoms with Crippen molar-refractivity contribution < 1.29 is 43.0 Å². The van der Waals surface area contributed by atoms with Crippen molar-refractivity contribution in [1.29, 1.82) is 0 Å². The Hall–Kier alpha value is -3.72. The van der Waals surface area contributed by atoms with Crippen LogP contribution in [0.1, 0.15) is 50.9 Å². The number of carbonyl (C=O) groups is 4. The number of hydrogen-bond donors (Lipinski definition) is 3. The molecule has 1 aliphatic heterocycles. The van der Waals surface area contributed by atoms with Gasteiger partial charge in [0.2, 0.25) is 0 Å². The number of anilines is 1. The highest BCUT2D eigenvalue weighted by Crippen LogP contribution is 2.24. The minimum absolute atomic E-state index is 0.136. The zero-order valence-corrected chi connectivity index (χ0v) is 25.3. The molecular formula is C27H40FN5O8S. The highest BCUT2D eigenvalue weighted by atomic mass is 32.2. The van der Waals surface area contributed by atoms with Crippen molar-refractivity contribution in [3.05, 3.63) is 35.4 Å². The van der Waals surface area contributed by atoms with E-state index in [1.807, 2.05) is 13.8 Å². The number of aldehydes is 1. The van der Waals surface area contributed by atoms with Gasteiger partial charge >= 0.3 is 6.01 Å². The van der Waals surface area contributed by atoms with Crippen LogP contribution < -0.4 is 15.0 Å². The Kier molecular flexibility index (Phi) is 16.8. The van der Waals surface area contributed by atoms with E-state index in [-0.39, 0.29) is 24.1 Å². The molecule has 1 unspecified atom stereocenters. The standard InChI is InChI=1S/C24H34FN5O4S.C2H4O2.CH2O2/c1-16(2)22-27-23(34-28-22)30-9-7-18(8-10-30)29(4)11-12-33-19-6-5-17(21(25)14-19)13-20(15-31)35-24(32)26-3;1-2(3)4;2-1-3/h5-6,14-16,18,20H,7-13H2,1-4H3,(H,26,32);1H3,(H,3,4);1H,(H,2,3). The van der Waals surface area contributed by atoms with E-state index in [4.69, 9.17) is 29.1 Å². The number of nitrogens with zero attached hydrogens (tertiary/aromatic N) is 4. The van der Waals surface area contributed by atoms with E-state index < -0.39 is 17.0 Å². The minimum atomic E-state index is -0.833. The van der Waals surface area contributed by atoms with Crippen molar-refractivity contribution in [1.82, 2.24) is 20.4 Å². The van der Waals surface area contributed by atoms with Gasteiger partial charge in [-0.3, -0.25) is 19.3 Å². The highest BCUT2D eigenvalue weighted by Gasteiger charge is 2.26. The number of benzene rings is 1. The van der Waals surface area contributed by atoms with Crippen molar-refractivity contribution in [2.75, 3.05) is 45.2 Å². The second-order valence-corrected chi connectivity index (χ2v) is 10.8. The zero-order valence-electron chi connectivity index (χ0n) is 24.5. The Bertz CT molecular complexity index is 1120. The average Bonchev–Trinajstić information content (AvgIpc) is 3.45. The minimum Gasteiger partial charge on any atom is -0.492 e. The number of thioether (sulfide) groups is 1. The third kappa shape index (κ3) is 13.3. The molecule has 15 heteroatoms. The van der Waals surface area contributed by atoms with Gasteiger partial charge in [0.05, 0.1) is 5.25 Å². The maximum absolute atomic E-state index is 14.5. The lowest BCUT2D eigenvalue weighted by molar-refractivity contribution is -0.134. The first-order chi connectivity index (χ1) is 19.9. The zero-order chi connectivity index (χ0) is 31.7. The van der Waals surface area contributed by atoms with Crippen LogP contribution in [0.4, 0.5) is 15.2 Å². The number of amides is 1. The number of halogens is 1. The van der Waals surface area contributed by atoms with Gasteiger partial charge in [-0.1, -0.05) is 36.8 Å². The molecule has 0 spiro atoms. The predicted octanol–water partition coefficient (Wildman–Crippen LogP) is 3.29. The Morgan fingerprint density at radius 1 is 1.31 bits per heavy atom. The molecule has 0 saturated carbocycles. The Morgan fingerprint density at radius 3 is 2.43 bits per heavy atom. The summed E-state index contributed by atoms with van der Waals surface area (Å²) in [5.41, 5.74) is 0.372. The van der Waals surface area contributed by atoms with Crippen molar-refractivity contribution in [2.24, 2.45) is 0 Å². The summed E-state index contributed by atoms with van der Waals surface area (Å²) in [6, 6.07) is 5.64. The molecule has 0 bridgehead atoms. The van der Waals surface area contributed by atoms with Crippen molar-refractivity contribution >= 4 is 41.7 Å². The third-order valence-corrected chi connectivity index (χ3v) is 7.08. The van der Waals surface area contributed by atoms with E-state index in [1.165, 1.54) is 13.1 Å². The van der Waals surface area contributed by atoms with E-state index in [0.29, 0.717) is 42.8 Å². The lowest BCUT2D eigenvalue weighted by atomic mass is 10.0. The Balaban J connectivity index is 0.00000114. The second kappa shape index (κ2) is 19.4. The molecule has 2 aromatic rings. The molecule has 3 rings (SSSR count). The number of aromatic nitrogens is 2. The van der Waals surface area contributed by atoms with Gasteiger partial charge in [-0.05, 0) is 37.9 Å². The molecule has 1 fully saturated rings. The van der Waals surface area contributed by atoms with Crippen LogP contribution in [0.3, 0.4) is 0 Å². The Labute approximate surface area is 248 Å². The largest absolute Gasteiger partial charge is 0.492 e. The summed E-state index contributed by atoms with van der Waals surface area (Å²) in [5, 5.41) is 19.8. The summed E-state index contributed by atoms with van der Waals surface area (Å²) in [6.45, 7) is 7.75. The Morgan fingerprint density at radius 2 is 1.93 bits per heavy atom. The normalized spacial score (nSPS) is 13.8. The summed E-state index contributed by atoms with van der Waals surface area (Å²) >= 11 is 0.848. The molecule has 1 saturated heterocycles. The first kappa shape index (κ1) is 36.3. The van der Waals surface area contributed by atoms with E-state index in [1.54, 1.807) is 12.1 Å². The van der Waals surface area contributed by atoms with Crippen LogP contribution in [0, 0.1) is 5.82 Å². The van der Waals surface area contributed by atoms with Crippen LogP contribution in [-0.2, 0) is 20.8 Å². The third-order valence-electron chi connectivity index (χ3n) is 6.08. The fourth-order valence-corrected chi connectivity index (χ4v) is 4.60. The number of hydrogen-bond acceptors (Lipinski definition) is 11. The van der Waals surface area contributed by atoms with Crippen molar-refractivity contribution in [3.8, 4) is 5.75 Å². The van der Waals surface area contributed by atoms with Crippen molar-refractivity contribution in [2.45, 2.75) is 57.2 Å². The number of ether oxygens (including phenoxy) is 1. The number of carboxylic acid groups (broad SMARTS) is 2. The van der Waals surface area contributed by atoms with Crippen LogP contribution in [0.2, 0.25) is 0 Å². The molecule has 1 aliphatic rings. The fraction of sp³-hybridized carbons (Fsp3) is 0.556. The van der Waals surface area contributed by atoms with Gasteiger partial charge in [-0.15, -0.1) is 0 Å². The number of carboxylic acids is 1. The van der Waals surface area contributed by atoms with Crippen LogP contribution in [0.25, 0.3) is 0 Å². The van der Waals surface area contributed by atoms with Gasteiger partial charge < -0.3 is 34.5 Å². The first-order valence-corrected chi connectivity index (χ1v) is 14.1. The molecular weight excluding hydrogens is 573 g/mol. The molecule has 234 valence electrons. The van der Waals surface area contributed by atoms with E-state index >= 15 is 0 Å². The maximum Gasteiger partial charge on any atom is 0.324 e. The molecule has 3 N–H and O–H groups in total. The van der Waals surface area contributed by atoms with Gasteiger partial charge in [0.1, 0.15) is 24.5 Å². The smallest absolute Gasteiger partial charge is 0.324 e. The summed E-state index contributed by atoms with van der Waals surface area (Å²) in [4.78, 5) is 48.9. The van der Waals surface area contributed by atoms with Crippen LogP contribution >= 0.6 is 11.8 Å². The molecule has 13 nitrogen and oxygen atoms in total. The lowest BCUT2D eigenvalue weighted by Gasteiger charge is -2.35. The van der Waals surface area contributed by atoms with E-state index in [2.05, 4.69) is 32.3 Å². The number of rotatable bonds is 11. The number of nitrogens with one attached hydrogen (secondary N) is 1. The van der Waals surface area contributed by atoms with Gasteiger partial charge in [-0.25, -0.2) is 4.39 Å². The molecule has 1 aromatic carbocycles. The van der Waals surface area contributed by atoms with Crippen LogP contribution in [0.15, 0.2) is 22.7 Å². The number of carbonyl (C=O) groups excluding carboxylic acids is 2. The summed E-state index contributed by atoms with van der Waals surface area (Å²) in [5.74, 6) is 0.122. The van der Waals surface area contributed by atoms with Gasteiger partial charge in [-0.2, -0.15) is 4.98 Å². The summed E-state index contributed by atoms with van der Waals surface area (Å²) in [7, 11) is 3.56. The average molecular weight is 614 g/mol. The quantitative estimate of drug-likeness (QED) is 0.315. The first-order valence-electron chi connectivity index (χ1n) is 13.3. The molecule has 0 aliphatic carbocycles. The fourth-order valence-electron chi connectivity index (χ4n) is 3.89. The number of aliphatic carboxylic acids is 1. The lowest BCUT2D eigenvalue weighted by Crippen LogP contribution is -2.44. The molecule has 0 radical (unpaired) electrons. The molecule has 1 aromatic heterocycles. The van der Waals surface area contributed by atoms with Crippen LogP contribution in [0.5, 0.6) is 5.75 Å². The predicted molar refractivity (Wildman–Crippen MR) is 156 cm³/mol. The van der Waals surface area contributed by atoms with Gasteiger partial charge in [0.25, 0.3) is 17.7 Å². The van der Waals surface area contributed by atoms with E-state index in [0.717, 1.165) is 50.4 Å². The monoisotopic (exact) mass is 613 g/mol. The molecule has 1 atom stereocenters. The maximum atomic E-state index is 14.5. The summed E-state index contributed by atoms with van der Waals surface area (Å²) < 4.78 is 25.7. The van der Waals surface area contributed by atoms with Crippen molar-refractivity contribution in [3.63, 3.8) is 0 Å². The molecule has 42 heavy (non-hydrogen) atoms. The molecule has 1 amide bonds. The van der Waals surface area contributed by atoms with E-state index in [9.17, 15) is 14.0 Å². The summed E-state index contributed by atoms with van der Waals surface area (Å²) in [6.07, 6.45) is 2.75. The SMILES string of the molecule is CC(=O)O.CNC(=O)SC(C=O)Cc1ccc(OCCN(C)C2CCN(c3nc(C(C)C)no3)CC2)cc1F.O=CO. The number of likely N-dealkylation sites (N-methyl/N-ethyl adjacent to an activating group) is 1. The topological polar surface area (TPSA) is 175 Å². The molecule has 2 heterocycles. The van der Waals surface area contributed by atoms with Crippen LogP contribution in [-0.4, -0.2) is 101 Å².